The molecule has 39 heavy (non-hydrogen) atoms. The smallest absolute Gasteiger partial charge is 0.261 e. The van der Waals surface area contributed by atoms with Gasteiger partial charge in [0.1, 0.15) is 5.65 Å². The largest absolute Gasteiger partial charge is 0.355 e. The van der Waals surface area contributed by atoms with Crippen LogP contribution in [-0.4, -0.2) is 44.0 Å². The van der Waals surface area contributed by atoms with Crippen LogP contribution >= 0.6 is 27.5 Å². The molecule has 2 aromatic heterocycles. The number of benzene rings is 2. The molecule has 1 atom stereocenters. The number of carbonyl (C=O) groups excluding carboxylic acids is 2. The SMILES string of the molecule is CNC(=O)c1ccc(-n2c(=O)c3c(n4ncc(CC(C)C)c24)CN(C(=O)c2ccc(Br)c(Cl)c2)[C@H](C)C3)cc1. The lowest BCUT2D eigenvalue weighted by Crippen LogP contribution is -2.46. The van der Waals surface area contributed by atoms with Crippen molar-refractivity contribution >= 4 is 45.0 Å². The van der Waals surface area contributed by atoms with Crippen LogP contribution in [0.3, 0.4) is 0 Å². The summed E-state index contributed by atoms with van der Waals surface area (Å²) in [5, 5.41) is 7.80. The highest BCUT2D eigenvalue weighted by Crippen LogP contribution is 2.29. The van der Waals surface area contributed by atoms with E-state index in [2.05, 4.69) is 35.1 Å². The van der Waals surface area contributed by atoms with Gasteiger partial charge >= 0.3 is 0 Å². The molecule has 0 radical (unpaired) electrons. The van der Waals surface area contributed by atoms with E-state index >= 15 is 0 Å². The third kappa shape index (κ3) is 4.89. The molecule has 4 aromatic rings. The zero-order valence-electron chi connectivity index (χ0n) is 22.2. The molecule has 0 saturated heterocycles. The van der Waals surface area contributed by atoms with Crippen LogP contribution in [0.25, 0.3) is 11.3 Å². The first-order chi connectivity index (χ1) is 18.6. The minimum Gasteiger partial charge on any atom is -0.355 e. The molecule has 1 aliphatic rings. The first-order valence-electron chi connectivity index (χ1n) is 12.8. The van der Waals surface area contributed by atoms with Crippen molar-refractivity contribution in [1.82, 2.24) is 24.4 Å². The van der Waals surface area contributed by atoms with Gasteiger partial charge in [-0.05, 0) is 84.1 Å². The van der Waals surface area contributed by atoms with Crippen molar-refractivity contribution in [2.45, 2.75) is 46.2 Å². The Balaban J connectivity index is 1.66. The summed E-state index contributed by atoms with van der Waals surface area (Å²) in [4.78, 5) is 41.6. The maximum atomic E-state index is 14.1. The average molecular weight is 611 g/mol. The van der Waals surface area contributed by atoms with Gasteiger partial charge < -0.3 is 10.2 Å². The molecule has 0 bridgehead atoms. The number of nitrogens with zero attached hydrogens (tertiary/aromatic N) is 4. The first kappa shape index (κ1) is 27.1. The van der Waals surface area contributed by atoms with Gasteiger partial charge in [-0.25, -0.2) is 4.52 Å². The minimum absolute atomic E-state index is 0.138. The number of nitrogens with one attached hydrogen (secondary N) is 1. The fraction of sp³-hybridized carbons (Fsp3) is 0.310. The molecule has 1 aliphatic heterocycles. The summed E-state index contributed by atoms with van der Waals surface area (Å²) < 4.78 is 4.22. The Bertz CT molecular complexity index is 1660. The number of amides is 2. The standard InChI is InChI=1S/C29H29BrClN5O3/c1-16(2)11-20-14-33-36-25-15-34(28(38)19-7-10-23(30)24(31)13-19)17(3)12-22(25)29(39)35(27(20)36)21-8-5-18(6-9-21)26(37)32-4/h5-10,13-14,16-17H,11-12,15H2,1-4H3,(H,32,37)/t17-/m1/s1. The lowest BCUT2D eigenvalue weighted by Gasteiger charge is -2.35. The zero-order valence-corrected chi connectivity index (χ0v) is 24.5. The highest BCUT2D eigenvalue weighted by molar-refractivity contribution is 9.10. The van der Waals surface area contributed by atoms with Crippen molar-refractivity contribution < 1.29 is 9.59 Å². The monoisotopic (exact) mass is 609 g/mol. The summed E-state index contributed by atoms with van der Waals surface area (Å²) in [7, 11) is 1.58. The van der Waals surface area contributed by atoms with Crippen LogP contribution in [0.1, 0.15) is 58.3 Å². The van der Waals surface area contributed by atoms with Gasteiger partial charge in [-0.3, -0.25) is 19.0 Å². The van der Waals surface area contributed by atoms with Crippen LogP contribution in [0.4, 0.5) is 0 Å². The fourth-order valence-corrected chi connectivity index (χ4v) is 5.61. The highest BCUT2D eigenvalue weighted by Gasteiger charge is 2.33. The predicted octanol–water partition coefficient (Wildman–Crippen LogP) is 5.05. The molecule has 1 N–H and O–H groups in total. The van der Waals surface area contributed by atoms with E-state index in [-0.39, 0.29) is 30.0 Å². The summed E-state index contributed by atoms with van der Waals surface area (Å²) in [6, 6.07) is 11.9. The summed E-state index contributed by atoms with van der Waals surface area (Å²) in [6.07, 6.45) is 2.92. The Labute approximate surface area is 239 Å². The number of carbonyl (C=O) groups is 2. The van der Waals surface area contributed by atoms with E-state index in [0.717, 1.165) is 16.5 Å². The molecule has 2 amide bonds. The number of aromatic nitrogens is 3. The molecule has 0 saturated carbocycles. The van der Waals surface area contributed by atoms with Gasteiger partial charge in [-0.2, -0.15) is 5.10 Å². The lowest BCUT2D eigenvalue weighted by molar-refractivity contribution is 0.0651. The van der Waals surface area contributed by atoms with Gasteiger partial charge in [-0.15, -0.1) is 0 Å². The van der Waals surface area contributed by atoms with Crippen molar-refractivity contribution in [2.75, 3.05) is 7.05 Å². The van der Waals surface area contributed by atoms with E-state index in [1.165, 1.54) is 0 Å². The second-order valence-electron chi connectivity index (χ2n) is 10.3. The predicted molar refractivity (Wildman–Crippen MR) is 155 cm³/mol. The lowest BCUT2D eigenvalue weighted by atomic mass is 9.98. The molecule has 8 nitrogen and oxygen atoms in total. The average Bonchev–Trinajstić information content (AvgIpc) is 3.32. The van der Waals surface area contributed by atoms with Crippen LogP contribution in [-0.2, 0) is 19.4 Å². The van der Waals surface area contributed by atoms with Gasteiger partial charge in [0.25, 0.3) is 17.4 Å². The maximum Gasteiger partial charge on any atom is 0.261 e. The van der Waals surface area contributed by atoms with E-state index in [9.17, 15) is 14.4 Å². The summed E-state index contributed by atoms with van der Waals surface area (Å²) in [5.74, 6) is -0.00679. The van der Waals surface area contributed by atoms with Gasteiger partial charge in [0.2, 0.25) is 0 Å². The number of hydrogen-bond donors (Lipinski definition) is 1. The molecular weight excluding hydrogens is 582 g/mol. The zero-order chi connectivity index (χ0) is 28.0. The van der Waals surface area contributed by atoms with E-state index < -0.39 is 0 Å². The summed E-state index contributed by atoms with van der Waals surface area (Å²) >= 11 is 9.65. The van der Waals surface area contributed by atoms with E-state index in [1.807, 2.05) is 17.6 Å². The van der Waals surface area contributed by atoms with E-state index in [1.54, 1.807) is 59.0 Å². The second-order valence-corrected chi connectivity index (χ2v) is 11.6. The topological polar surface area (TPSA) is 88.7 Å². The van der Waals surface area contributed by atoms with Crippen molar-refractivity contribution in [1.29, 1.82) is 0 Å². The van der Waals surface area contributed by atoms with Crippen molar-refractivity contribution in [3.8, 4) is 5.69 Å². The Hall–Kier alpha value is -3.43. The van der Waals surface area contributed by atoms with Crippen LogP contribution in [0, 0.1) is 5.92 Å². The molecule has 0 spiro atoms. The number of rotatable bonds is 5. The van der Waals surface area contributed by atoms with E-state index in [0.29, 0.717) is 51.1 Å². The molecule has 0 unspecified atom stereocenters. The molecule has 202 valence electrons. The van der Waals surface area contributed by atoms with Crippen molar-refractivity contribution in [2.24, 2.45) is 5.92 Å². The normalized spacial score (nSPS) is 15.1. The molecule has 2 aromatic carbocycles. The second kappa shape index (κ2) is 10.6. The van der Waals surface area contributed by atoms with Gasteiger partial charge in [-0.1, -0.05) is 25.4 Å². The van der Waals surface area contributed by atoms with Gasteiger partial charge in [0, 0.05) is 39.8 Å². The van der Waals surface area contributed by atoms with E-state index in [4.69, 9.17) is 16.7 Å². The van der Waals surface area contributed by atoms with Crippen LogP contribution < -0.4 is 10.9 Å². The Kier molecular flexibility index (Phi) is 7.39. The summed E-state index contributed by atoms with van der Waals surface area (Å²) in [5.41, 5.74) is 4.46. The highest BCUT2D eigenvalue weighted by atomic mass is 79.9. The molecule has 0 aliphatic carbocycles. The Morgan fingerprint density at radius 2 is 1.85 bits per heavy atom. The first-order valence-corrected chi connectivity index (χ1v) is 14.0. The molecule has 10 heteroatoms. The molecule has 3 heterocycles. The quantitative estimate of drug-likeness (QED) is 0.343. The Morgan fingerprint density at radius 1 is 1.15 bits per heavy atom. The Morgan fingerprint density at radius 3 is 2.49 bits per heavy atom. The van der Waals surface area contributed by atoms with Crippen LogP contribution in [0.15, 0.2) is 57.9 Å². The third-order valence-corrected chi connectivity index (χ3v) is 8.35. The van der Waals surface area contributed by atoms with Crippen molar-refractivity contribution in [3.63, 3.8) is 0 Å². The fourth-order valence-electron chi connectivity index (χ4n) is 5.18. The number of fused-ring (bicyclic) bond motifs is 3. The van der Waals surface area contributed by atoms with Gasteiger partial charge in [0.05, 0.1) is 29.1 Å². The minimum atomic E-state index is -0.215. The van der Waals surface area contributed by atoms with Crippen LogP contribution in [0.5, 0.6) is 0 Å². The van der Waals surface area contributed by atoms with Crippen LogP contribution in [0.2, 0.25) is 5.02 Å². The molecule has 0 fully saturated rings. The summed E-state index contributed by atoms with van der Waals surface area (Å²) in [6.45, 7) is 6.43. The molecule has 5 rings (SSSR count). The number of hydrogen-bond acceptors (Lipinski definition) is 4. The van der Waals surface area contributed by atoms with Crippen molar-refractivity contribution in [3.05, 3.63) is 96.5 Å². The van der Waals surface area contributed by atoms with Gasteiger partial charge in [0.15, 0.2) is 0 Å². The maximum absolute atomic E-state index is 14.1. The number of halogens is 2. The molecular formula is C29H29BrClN5O3. The third-order valence-electron chi connectivity index (χ3n) is 7.12.